The Morgan fingerprint density at radius 1 is 1.16 bits per heavy atom. The highest BCUT2D eigenvalue weighted by molar-refractivity contribution is 6.30. The minimum Gasteiger partial charge on any atom is -0.410 e. The molecule has 2 aromatic rings. The predicted molar refractivity (Wildman–Crippen MR) is 127 cm³/mol. The van der Waals surface area contributed by atoms with Gasteiger partial charge in [0.2, 0.25) is 5.91 Å². The van der Waals surface area contributed by atoms with Gasteiger partial charge in [0.1, 0.15) is 5.75 Å². The van der Waals surface area contributed by atoms with Crippen molar-refractivity contribution in [1.29, 1.82) is 0 Å². The fraction of sp³-hybridized carbons (Fsp3) is 0.440. The zero-order valence-corrected chi connectivity index (χ0v) is 19.5. The van der Waals surface area contributed by atoms with Crippen molar-refractivity contribution in [2.45, 2.75) is 44.4 Å². The molecule has 0 saturated carbocycles. The summed E-state index contributed by atoms with van der Waals surface area (Å²) >= 11 is 5.96. The molecule has 0 spiro atoms. The first-order valence-corrected chi connectivity index (χ1v) is 11.5. The number of hydrogen-bond acceptors (Lipinski definition) is 4. The molecule has 0 atom stereocenters. The molecule has 0 radical (unpaired) electrons. The van der Waals surface area contributed by atoms with Gasteiger partial charge in [0.05, 0.1) is 5.41 Å². The first-order valence-electron chi connectivity index (χ1n) is 11.1. The molecular weight excluding hydrogens is 426 g/mol. The fourth-order valence-electron chi connectivity index (χ4n) is 4.16. The maximum Gasteiger partial charge on any atom is 0.409 e. The Balaban J connectivity index is 1.39. The average molecular weight is 458 g/mol. The second kappa shape index (κ2) is 10.8. The van der Waals surface area contributed by atoms with Crippen LogP contribution in [0.25, 0.3) is 0 Å². The predicted octanol–water partition coefficient (Wildman–Crippen LogP) is 4.46. The molecule has 32 heavy (non-hydrogen) atoms. The van der Waals surface area contributed by atoms with Crippen LogP contribution in [0.1, 0.15) is 50.2 Å². The van der Waals surface area contributed by atoms with Gasteiger partial charge in [-0.2, -0.15) is 0 Å². The lowest BCUT2D eigenvalue weighted by molar-refractivity contribution is -0.125. The molecule has 3 N–H and O–H groups in total. The van der Waals surface area contributed by atoms with Crippen LogP contribution in [-0.2, 0) is 10.2 Å². The number of likely N-dealkylation sites (tertiary alicyclic amines) is 1. The molecule has 1 aliphatic heterocycles. The number of nitrogens with two attached hydrogens (primary N) is 1. The van der Waals surface area contributed by atoms with Gasteiger partial charge in [0.25, 0.3) is 0 Å². The van der Waals surface area contributed by atoms with Crippen LogP contribution in [0.2, 0.25) is 5.02 Å². The molecule has 0 bridgehead atoms. The smallest absolute Gasteiger partial charge is 0.409 e. The van der Waals surface area contributed by atoms with E-state index in [-0.39, 0.29) is 5.91 Å². The van der Waals surface area contributed by atoms with Crippen molar-refractivity contribution >= 4 is 23.6 Å². The number of hydrogen-bond donors (Lipinski definition) is 2. The van der Waals surface area contributed by atoms with Gasteiger partial charge in [-0.15, -0.1) is 0 Å². The number of carbonyl (C=O) groups is 2. The van der Waals surface area contributed by atoms with Crippen molar-refractivity contribution in [1.82, 2.24) is 10.2 Å². The van der Waals surface area contributed by atoms with Crippen molar-refractivity contribution in [3.05, 3.63) is 64.7 Å². The highest BCUT2D eigenvalue weighted by atomic mass is 35.5. The van der Waals surface area contributed by atoms with Gasteiger partial charge in [0, 0.05) is 11.6 Å². The van der Waals surface area contributed by atoms with Gasteiger partial charge < -0.3 is 20.7 Å². The van der Waals surface area contributed by atoms with E-state index in [9.17, 15) is 9.59 Å². The molecule has 0 unspecified atom stereocenters. The first-order chi connectivity index (χ1) is 15.3. The number of piperidine rings is 1. The van der Waals surface area contributed by atoms with Crippen molar-refractivity contribution in [2.24, 2.45) is 5.73 Å². The fourth-order valence-corrected chi connectivity index (χ4v) is 4.29. The van der Waals surface area contributed by atoms with E-state index in [2.05, 4.69) is 16.3 Å². The molecule has 6 nitrogen and oxygen atoms in total. The minimum atomic E-state index is -0.791. The van der Waals surface area contributed by atoms with Crippen LogP contribution in [0.4, 0.5) is 4.79 Å². The summed E-state index contributed by atoms with van der Waals surface area (Å²) in [4.78, 5) is 26.1. The summed E-state index contributed by atoms with van der Waals surface area (Å²) < 4.78 is 5.00. The van der Waals surface area contributed by atoms with Crippen LogP contribution in [-0.4, -0.2) is 43.1 Å². The lowest BCUT2D eigenvalue weighted by atomic mass is 9.84. The molecule has 3 rings (SSSR count). The Labute approximate surface area is 195 Å². The van der Waals surface area contributed by atoms with Crippen molar-refractivity contribution in [3.8, 4) is 5.75 Å². The molecule has 1 aliphatic rings. The van der Waals surface area contributed by atoms with Crippen molar-refractivity contribution in [2.75, 3.05) is 26.2 Å². The van der Waals surface area contributed by atoms with Gasteiger partial charge in [-0.3, -0.25) is 4.79 Å². The Hall–Kier alpha value is -2.57. The van der Waals surface area contributed by atoms with Crippen LogP contribution in [0.15, 0.2) is 48.5 Å². The summed E-state index contributed by atoms with van der Waals surface area (Å²) in [5.74, 6) is 0.967. The van der Waals surface area contributed by atoms with Gasteiger partial charge in [0.15, 0.2) is 0 Å². The zero-order valence-electron chi connectivity index (χ0n) is 18.8. The van der Waals surface area contributed by atoms with Crippen molar-refractivity contribution < 1.29 is 14.3 Å². The standard InChI is InChI=1S/C25H32ClN3O3/c1-25(2,20-7-9-21(26)10-8-20)23(30)28-13-4-14-29-15-11-18(12-16-29)19-5-3-6-22(17-19)32-24(27)31/h3,5-10,17-18H,4,11-16H2,1-2H3,(H2,27,31)(H,28,30). The number of carbonyl (C=O) groups excluding carboxylic acids is 2. The number of ether oxygens (including phenoxy) is 1. The van der Waals surface area contributed by atoms with Crippen LogP contribution in [0.3, 0.4) is 0 Å². The van der Waals surface area contributed by atoms with Crippen LogP contribution in [0, 0.1) is 0 Å². The number of halogens is 1. The molecule has 172 valence electrons. The third-order valence-corrected chi connectivity index (χ3v) is 6.46. The van der Waals surface area contributed by atoms with Crippen LogP contribution >= 0.6 is 11.6 Å². The zero-order chi connectivity index (χ0) is 23.1. The molecule has 0 aromatic heterocycles. The van der Waals surface area contributed by atoms with E-state index in [0.29, 0.717) is 23.2 Å². The number of rotatable bonds is 8. The summed E-state index contributed by atoms with van der Waals surface area (Å²) in [6.07, 6.45) is 2.22. The summed E-state index contributed by atoms with van der Waals surface area (Å²) in [6, 6.07) is 15.1. The van der Waals surface area contributed by atoms with E-state index in [1.807, 2.05) is 50.2 Å². The molecule has 0 aliphatic carbocycles. The maximum atomic E-state index is 12.7. The number of nitrogens with zero attached hydrogens (tertiary/aromatic N) is 1. The largest absolute Gasteiger partial charge is 0.410 e. The quantitative estimate of drug-likeness (QED) is 0.573. The Kier molecular flexibility index (Phi) is 8.15. The summed E-state index contributed by atoms with van der Waals surface area (Å²) in [7, 11) is 0. The molecular formula is C25H32ClN3O3. The molecule has 2 amide bonds. The van der Waals surface area contributed by atoms with E-state index in [4.69, 9.17) is 22.1 Å². The van der Waals surface area contributed by atoms with E-state index < -0.39 is 11.5 Å². The maximum absolute atomic E-state index is 12.7. The topological polar surface area (TPSA) is 84.7 Å². The molecule has 1 saturated heterocycles. The average Bonchev–Trinajstić information content (AvgIpc) is 2.77. The Morgan fingerprint density at radius 2 is 1.84 bits per heavy atom. The van der Waals surface area contributed by atoms with E-state index in [0.717, 1.165) is 44.5 Å². The lowest BCUT2D eigenvalue weighted by Crippen LogP contribution is -2.41. The van der Waals surface area contributed by atoms with Gasteiger partial charge in [-0.25, -0.2) is 4.79 Å². The van der Waals surface area contributed by atoms with Crippen LogP contribution in [0.5, 0.6) is 5.75 Å². The second-order valence-electron chi connectivity index (χ2n) is 8.85. The second-order valence-corrected chi connectivity index (χ2v) is 9.29. The molecule has 2 aromatic carbocycles. The van der Waals surface area contributed by atoms with E-state index in [1.54, 1.807) is 6.07 Å². The minimum absolute atomic E-state index is 0.0246. The first kappa shape index (κ1) is 24.1. The highest BCUT2D eigenvalue weighted by Gasteiger charge is 2.29. The van der Waals surface area contributed by atoms with Crippen LogP contribution < -0.4 is 15.8 Å². The van der Waals surface area contributed by atoms with Gasteiger partial charge in [-0.1, -0.05) is 35.9 Å². The Bertz CT molecular complexity index is 922. The monoisotopic (exact) mass is 457 g/mol. The number of nitrogens with one attached hydrogen (secondary N) is 1. The summed E-state index contributed by atoms with van der Waals surface area (Å²) in [6.45, 7) is 7.49. The third-order valence-electron chi connectivity index (χ3n) is 6.21. The highest BCUT2D eigenvalue weighted by Crippen LogP contribution is 2.30. The summed E-state index contributed by atoms with van der Waals surface area (Å²) in [5.41, 5.74) is 6.64. The SMILES string of the molecule is CC(C)(C(=O)NCCCN1CCC(c2cccc(OC(N)=O)c2)CC1)c1ccc(Cl)cc1. The normalized spacial score (nSPS) is 15.3. The molecule has 1 fully saturated rings. The molecule has 7 heteroatoms. The Morgan fingerprint density at radius 3 is 2.50 bits per heavy atom. The number of amides is 2. The van der Waals surface area contributed by atoms with E-state index >= 15 is 0 Å². The van der Waals surface area contributed by atoms with Gasteiger partial charge in [-0.05, 0) is 94.1 Å². The van der Waals surface area contributed by atoms with Gasteiger partial charge >= 0.3 is 6.09 Å². The van der Waals surface area contributed by atoms with Crippen molar-refractivity contribution in [3.63, 3.8) is 0 Å². The summed E-state index contributed by atoms with van der Waals surface area (Å²) in [5, 5.41) is 3.75. The van der Waals surface area contributed by atoms with E-state index in [1.165, 1.54) is 5.56 Å². The number of primary amides is 1. The third kappa shape index (κ3) is 6.47. The lowest BCUT2D eigenvalue weighted by Gasteiger charge is -2.32. The number of benzene rings is 2. The molecule has 1 heterocycles.